The van der Waals surface area contributed by atoms with Crippen molar-refractivity contribution in [3.05, 3.63) is 35.7 Å². The van der Waals surface area contributed by atoms with E-state index in [-0.39, 0.29) is 0 Å². The molecule has 1 aliphatic heterocycles. The van der Waals surface area contributed by atoms with E-state index < -0.39 is 0 Å². The first-order valence-corrected chi connectivity index (χ1v) is 9.33. The van der Waals surface area contributed by atoms with Crippen molar-refractivity contribution in [2.45, 2.75) is 30.5 Å². The first-order chi connectivity index (χ1) is 11.2. The summed E-state index contributed by atoms with van der Waals surface area (Å²) in [5.41, 5.74) is 1.37. The Morgan fingerprint density at radius 3 is 2.74 bits per heavy atom. The van der Waals surface area contributed by atoms with Gasteiger partial charge in [-0.05, 0) is 43.4 Å². The molecule has 1 fully saturated rings. The van der Waals surface area contributed by atoms with Crippen LogP contribution in [-0.2, 0) is 13.6 Å². The summed E-state index contributed by atoms with van der Waals surface area (Å²) in [4.78, 5) is 1.63. The fourth-order valence-electron chi connectivity index (χ4n) is 3.42. The number of rotatable bonds is 5. The number of quaternary nitrogens is 1. The lowest BCUT2D eigenvalue weighted by Gasteiger charge is -2.29. The molecule has 1 saturated heterocycles. The summed E-state index contributed by atoms with van der Waals surface area (Å²) in [6, 6.07) is 8.43. The number of hydrogen-bond donors (Lipinski definition) is 1. The Bertz CT molecular complexity index is 641. The molecular weight excluding hydrogens is 308 g/mol. The number of aromatic nitrogens is 3. The predicted molar refractivity (Wildman–Crippen MR) is 92.2 cm³/mol. The van der Waals surface area contributed by atoms with Crippen molar-refractivity contribution in [1.82, 2.24) is 14.8 Å². The number of ether oxygens (including phenoxy) is 1. The molecule has 1 N–H and O–H groups in total. The topological polar surface area (TPSA) is 44.4 Å². The summed E-state index contributed by atoms with van der Waals surface area (Å²) >= 11 is 1.66. The maximum absolute atomic E-state index is 5.23. The van der Waals surface area contributed by atoms with Crippen LogP contribution in [0.3, 0.4) is 0 Å². The SMILES string of the molecule is COc1ccc(C[NH+]2CCC[C@H](c3nnc(SC)n3C)C2)cc1. The van der Waals surface area contributed by atoms with Crippen LogP contribution in [0.25, 0.3) is 0 Å². The minimum absolute atomic E-state index is 0.510. The molecule has 2 heterocycles. The van der Waals surface area contributed by atoms with Crippen molar-refractivity contribution < 1.29 is 9.64 Å². The van der Waals surface area contributed by atoms with E-state index in [1.807, 2.05) is 12.1 Å². The van der Waals surface area contributed by atoms with Crippen molar-refractivity contribution in [3.63, 3.8) is 0 Å². The van der Waals surface area contributed by atoms with E-state index in [4.69, 9.17) is 4.74 Å². The van der Waals surface area contributed by atoms with Crippen LogP contribution in [0.5, 0.6) is 5.75 Å². The molecular formula is C17H25N4OS+. The number of thioether (sulfide) groups is 1. The second kappa shape index (κ2) is 7.36. The fraction of sp³-hybridized carbons (Fsp3) is 0.529. The zero-order chi connectivity index (χ0) is 16.2. The van der Waals surface area contributed by atoms with Gasteiger partial charge in [0.1, 0.15) is 18.1 Å². The molecule has 0 radical (unpaired) electrons. The summed E-state index contributed by atoms with van der Waals surface area (Å²) in [6.45, 7) is 3.43. The van der Waals surface area contributed by atoms with Gasteiger partial charge in [-0.15, -0.1) is 10.2 Å². The normalized spacial score (nSPS) is 21.3. The maximum atomic E-state index is 5.23. The number of methoxy groups -OCH3 is 1. The Morgan fingerprint density at radius 1 is 1.30 bits per heavy atom. The number of likely N-dealkylation sites (tertiary alicyclic amines) is 1. The van der Waals surface area contributed by atoms with E-state index in [0.29, 0.717) is 5.92 Å². The number of nitrogens with one attached hydrogen (secondary N) is 1. The van der Waals surface area contributed by atoms with Crippen LogP contribution < -0.4 is 9.64 Å². The molecule has 2 atom stereocenters. The average Bonchev–Trinajstić information content (AvgIpc) is 2.96. The average molecular weight is 333 g/mol. The van der Waals surface area contributed by atoms with E-state index in [1.54, 1.807) is 23.8 Å². The van der Waals surface area contributed by atoms with Crippen molar-refractivity contribution >= 4 is 11.8 Å². The molecule has 0 spiro atoms. The molecule has 1 aromatic carbocycles. The second-order valence-electron chi connectivity index (χ2n) is 6.17. The van der Waals surface area contributed by atoms with Gasteiger partial charge < -0.3 is 14.2 Å². The monoisotopic (exact) mass is 333 g/mol. The van der Waals surface area contributed by atoms with Gasteiger partial charge in [-0.2, -0.15) is 0 Å². The molecule has 1 aliphatic rings. The van der Waals surface area contributed by atoms with Crippen LogP contribution in [0, 0.1) is 0 Å². The molecule has 2 aromatic rings. The predicted octanol–water partition coefficient (Wildman–Crippen LogP) is 1.51. The highest BCUT2D eigenvalue weighted by Gasteiger charge is 2.28. The van der Waals surface area contributed by atoms with Gasteiger partial charge in [-0.1, -0.05) is 11.8 Å². The Balaban J connectivity index is 1.66. The molecule has 3 rings (SSSR count). The Hall–Kier alpha value is -1.53. The molecule has 1 aromatic heterocycles. The lowest BCUT2D eigenvalue weighted by atomic mass is 9.96. The molecule has 124 valence electrons. The minimum Gasteiger partial charge on any atom is -0.497 e. The highest BCUT2D eigenvalue weighted by Crippen LogP contribution is 2.23. The van der Waals surface area contributed by atoms with Crippen molar-refractivity contribution in [3.8, 4) is 5.75 Å². The van der Waals surface area contributed by atoms with Gasteiger partial charge >= 0.3 is 0 Å². The quantitative estimate of drug-likeness (QED) is 0.843. The second-order valence-corrected chi connectivity index (χ2v) is 6.95. The fourth-order valence-corrected chi connectivity index (χ4v) is 3.91. The standard InChI is InChI=1S/C17H24N4OS/c1-20-16(18-19-17(20)23-3)14-5-4-10-21(12-14)11-13-6-8-15(22-2)9-7-13/h6-9,14H,4-5,10-12H2,1-3H3/p+1/t14-/m0/s1. The summed E-state index contributed by atoms with van der Waals surface area (Å²) in [6.07, 6.45) is 4.51. The van der Waals surface area contributed by atoms with E-state index in [9.17, 15) is 0 Å². The summed E-state index contributed by atoms with van der Waals surface area (Å²) in [5, 5.41) is 9.73. The number of nitrogens with zero attached hydrogens (tertiary/aromatic N) is 3. The highest BCUT2D eigenvalue weighted by atomic mass is 32.2. The van der Waals surface area contributed by atoms with Crippen LogP contribution in [0.4, 0.5) is 0 Å². The van der Waals surface area contributed by atoms with Gasteiger partial charge in [-0.25, -0.2) is 0 Å². The largest absolute Gasteiger partial charge is 0.497 e. The Kier molecular flexibility index (Phi) is 5.23. The third kappa shape index (κ3) is 3.70. The molecule has 6 heteroatoms. The highest BCUT2D eigenvalue weighted by molar-refractivity contribution is 7.98. The lowest BCUT2D eigenvalue weighted by molar-refractivity contribution is -0.920. The third-order valence-electron chi connectivity index (χ3n) is 4.65. The molecule has 0 bridgehead atoms. The van der Waals surface area contributed by atoms with Gasteiger partial charge in [-0.3, -0.25) is 0 Å². The van der Waals surface area contributed by atoms with Crippen LogP contribution in [0.2, 0.25) is 0 Å². The van der Waals surface area contributed by atoms with Crippen LogP contribution in [0.15, 0.2) is 29.4 Å². The van der Waals surface area contributed by atoms with Crippen LogP contribution in [-0.4, -0.2) is 41.2 Å². The van der Waals surface area contributed by atoms with E-state index in [1.165, 1.54) is 24.9 Å². The first-order valence-electron chi connectivity index (χ1n) is 8.11. The molecule has 23 heavy (non-hydrogen) atoms. The van der Waals surface area contributed by atoms with E-state index in [2.05, 4.69) is 40.2 Å². The molecule has 1 unspecified atom stereocenters. The Labute approximate surface area is 142 Å². The summed E-state index contributed by atoms with van der Waals surface area (Å²) < 4.78 is 7.39. The summed E-state index contributed by atoms with van der Waals surface area (Å²) in [7, 11) is 3.79. The molecule has 0 saturated carbocycles. The van der Waals surface area contributed by atoms with Crippen molar-refractivity contribution in [2.24, 2.45) is 7.05 Å². The van der Waals surface area contributed by atoms with Gasteiger partial charge in [0, 0.05) is 12.6 Å². The van der Waals surface area contributed by atoms with Gasteiger partial charge in [0.15, 0.2) is 5.16 Å². The third-order valence-corrected chi connectivity index (χ3v) is 5.37. The number of benzene rings is 1. The molecule has 0 amide bonds. The van der Waals surface area contributed by atoms with Crippen molar-refractivity contribution in [1.29, 1.82) is 0 Å². The smallest absolute Gasteiger partial charge is 0.190 e. The first kappa shape index (κ1) is 16.3. The maximum Gasteiger partial charge on any atom is 0.190 e. The number of piperidine rings is 1. The zero-order valence-corrected chi connectivity index (χ0v) is 14.9. The molecule has 0 aliphatic carbocycles. The number of hydrogen-bond acceptors (Lipinski definition) is 4. The zero-order valence-electron chi connectivity index (χ0n) is 14.1. The van der Waals surface area contributed by atoms with E-state index >= 15 is 0 Å². The van der Waals surface area contributed by atoms with Crippen LogP contribution in [0.1, 0.15) is 30.1 Å². The van der Waals surface area contributed by atoms with Crippen LogP contribution >= 0.6 is 11.8 Å². The van der Waals surface area contributed by atoms with Gasteiger partial charge in [0.05, 0.1) is 26.1 Å². The van der Waals surface area contributed by atoms with Gasteiger partial charge in [0.25, 0.3) is 0 Å². The summed E-state index contributed by atoms with van der Waals surface area (Å²) in [5.74, 6) is 2.57. The minimum atomic E-state index is 0.510. The lowest BCUT2D eigenvalue weighted by Crippen LogP contribution is -3.12. The van der Waals surface area contributed by atoms with Crippen molar-refractivity contribution in [2.75, 3.05) is 26.5 Å². The molecule has 5 nitrogen and oxygen atoms in total. The Morgan fingerprint density at radius 2 is 2.09 bits per heavy atom. The van der Waals surface area contributed by atoms with E-state index in [0.717, 1.165) is 29.8 Å². The van der Waals surface area contributed by atoms with Gasteiger partial charge in [0.2, 0.25) is 0 Å².